The molecule has 0 aliphatic rings. The summed E-state index contributed by atoms with van der Waals surface area (Å²) in [5, 5.41) is 6.10. The maximum absolute atomic E-state index is 12.3. The Labute approximate surface area is 184 Å². The van der Waals surface area contributed by atoms with E-state index in [1.165, 1.54) is 12.1 Å². The van der Waals surface area contributed by atoms with E-state index in [0.717, 1.165) is 18.4 Å². The summed E-state index contributed by atoms with van der Waals surface area (Å²) in [6, 6.07) is 9.43. The lowest BCUT2D eigenvalue weighted by atomic mass is 10.1. The number of hydrogen-bond donors (Lipinski definition) is 1. The number of unbranched alkanes of at least 4 members (excludes halogenated alkanes) is 1. The molecule has 1 heterocycles. The normalized spacial score (nSPS) is 11.7. The molecule has 160 valence electrons. The number of fused-ring (bicyclic) bond motifs is 1. The number of aryl methyl sites for hydroxylation is 1. The van der Waals surface area contributed by atoms with Gasteiger partial charge in [0.15, 0.2) is 0 Å². The second kappa shape index (κ2) is 9.34. The van der Waals surface area contributed by atoms with Gasteiger partial charge < -0.3 is 9.30 Å². The fourth-order valence-corrected chi connectivity index (χ4v) is 4.04. The van der Waals surface area contributed by atoms with Gasteiger partial charge in [0.25, 0.3) is 0 Å². The molecule has 7 nitrogen and oxygen atoms in total. The maximum Gasteiger partial charge on any atom is 0.310 e. The quantitative estimate of drug-likeness (QED) is 0.500. The highest BCUT2D eigenvalue weighted by molar-refractivity contribution is 7.89. The first-order chi connectivity index (χ1) is 14.2. The van der Waals surface area contributed by atoms with E-state index in [2.05, 4.69) is 11.9 Å². The number of halogens is 2. The minimum Gasteiger partial charge on any atom is -0.457 e. The molecule has 0 unspecified atom stereocenters. The fourth-order valence-electron chi connectivity index (χ4n) is 3.03. The van der Waals surface area contributed by atoms with Crippen LogP contribution in [0.4, 0.5) is 0 Å². The molecule has 0 aliphatic heterocycles. The Morgan fingerprint density at radius 3 is 2.63 bits per heavy atom. The molecule has 0 saturated heterocycles. The number of carbonyl (C=O) groups excluding carboxylic acids is 1. The molecular formula is C20H21Cl2N3O4S. The summed E-state index contributed by atoms with van der Waals surface area (Å²) in [5.41, 5.74) is 1.84. The standard InChI is InChI=1S/C20H21Cl2N3O4S/c1-2-3-8-25-18-7-6-15(30(23,27)28)11-17(18)24-19(25)12-29-20(26)9-13-4-5-14(21)10-16(13)22/h4-7,10-11H,2-3,8-9,12H2,1H3,(H2,23,27,28). The number of rotatable bonds is 8. The number of imidazole rings is 1. The summed E-state index contributed by atoms with van der Waals surface area (Å²) >= 11 is 12.0. The van der Waals surface area contributed by atoms with Crippen LogP contribution in [-0.4, -0.2) is 23.9 Å². The highest BCUT2D eigenvalue weighted by Gasteiger charge is 2.16. The molecule has 0 radical (unpaired) electrons. The summed E-state index contributed by atoms with van der Waals surface area (Å²) < 4.78 is 30.6. The zero-order valence-electron chi connectivity index (χ0n) is 16.3. The monoisotopic (exact) mass is 469 g/mol. The summed E-state index contributed by atoms with van der Waals surface area (Å²) in [6.07, 6.45) is 1.85. The lowest BCUT2D eigenvalue weighted by molar-refractivity contribution is -0.144. The van der Waals surface area contributed by atoms with Crippen molar-refractivity contribution < 1.29 is 17.9 Å². The molecule has 3 aromatic rings. The largest absolute Gasteiger partial charge is 0.457 e. The zero-order valence-corrected chi connectivity index (χ0v) is 18.6. The number of aromatic nitrogens is 2. The zero-order chi connectivity index (χ0) is 21.9. The van der Waals surface area contributed by atoms with Crippen molar-refractivity contribution in [2.24, 2.45) is 5.14 Å². The van der Waals surface area contributed by atoms with Gasteiger partial charge in [-0.15, -0.1) is 0 Å². The Kier molecular flexibility index (Phi) is 7.02. The van der Waals surface area contributed by atoms with Crippen LogP contribution in [0.2, 0.25) is 10.0 Å². The molecule has 0 spiro atoms. The van der Waals surface area contributed by atoms with E-state index in [4.69, 9.17) is 33.1 Å². The van der Waals surface area contributed by atoms with Crippen molar-refractivity contribution in [3.05, 3.63) is 57.8 Å². The van der Waals surface area contributed by atoms with Gasteiger partial charge in [-0.2, -0.15) is 0 Å². The van der Waals surface area contributed by atoms with Crippen LogP contribution in [0.3, 0.4) is 0 Å². The van der Waals surface area contributed by atoms with Gasteiger partial charge in [-0.05, 0) is 42.3 Å². The van der Waals surface area contributed by atoms with Gasteiger partial charge in [0, 0.05) is 16.6 Å². The average molecular weight is 470 g/mol. The number of sulfonamides is 1. The molecule has 2 N–H and O–H groups in total. The van der Waals surface area contributed by atoms with Gasteiger partial charge in [0.2, 0.25) is 10.0 Å². The molecule has 0 saturated carbocycles. The van der Waals surface area contributed by atoms with Crippen LogP contribution in [0.25, 0.3) is 11.0 Å². The molecule has 10 heteroatoms. The molecular weight excluding hydrogens is 449 g/mol. The number of esters is 1. The fraction of sp³-hybridized carbons (Fsp3) is 0.300. The predicted octanol–water partition coefficient (Wildman–Crippen LogP) is 4.08. The Morgan fingerprint density at radius 1 is 1.20 bits per heavy atom. The van der Waals surface area contributed by atoms with Gasteiger partial charge in [-0.25, -0.2) is 18.5 Å². The molecule has 3 rings (SSSR count). The van der Waals surface area contributed by atoms with Crippen molar-refractivity contribution in [3.8, 4) is 0 Å². The highest BCUT2D eigenvalue weighted by Crippen LogP contribution is 2.23. The summed E-state index contributed by atoms with van der Waals surface area (Å²) in [7, 11) is -3.84. The summed E-state index contributed by atoms with van der Waals surface area (Å²) in [5.74, 6) is 0.0686. The number of benzene rings is 2. The second-order valence-corrected chi connectivity index (χ2v) is 9.21. The molecule has 2 aromatic carbocycles. The van der Waals surface area contributed by atoms with E-state index >= 15 is 0 Å². The van der Waals surface area contributed by atoms with E-state index in [0.29, 0.717) is 33.5 Å². The number of nitrogens with two attached hydrogens (primary N) is 1. The number of nitrogens with zero attached hydrogens (tertiary/aromatic N) is 2. The average Bonchev–Trinajstić information content (AvgIpc) is 3.03. The smallest absolute Gasteiger partial charge is 0.310 e. The first-order valence-corrected chi connectivity index (χ1v) is 11.6. The predicted molar refractivity (Wildman–Crippen MR) is 116 cm³/mol. The molecule has 0 amide bonds. The Bertz CT molecular complexity index is 1190. The highest BCUT2D eigenvalue weighted by atomic mass is 35.5. The van der Waals surface area contributed by atoms with E-state index in [-0.39, 0.29) is 17.9 Å². The van der Waals surface area contributed by atoms with Gasteiger partial charge >= 0.3 is 5.97 Å². The second-order valence-electron chi connectivity index (χ2n) is 6.80. The van der Waals surface area contributed by atoms with Crippen LogP contribution in [0.1, 0.15) is 31.2 Å². The van der Waals surface area contributed by atoms with Crippen molar-refractivity contribution in [2.75, 3.05) is 0 Å². The third-order valence-electron chi connectivity index (χ3n) is 4.57. The van der Waals surface area contributed by atoms with E-state index in [1.807, 2.05) is 4.57 Å². The van der Waals surface area contributed by atoms with Gasteiger partial charge in [0.1, 0.15) is 12.4 Å². The number of primary sulfonamides is 1. The van der Waals surface area contributed by atoms with Gasteiger partial charge in [-0.1, -0.05) is 42.6 Å². The Morgan fingerprint density at radius 2 is 1.97 bits per heavy atom. The third-order valence-corrected chi connectivity index (χ3v) is 6.07. The molecule has 0 fully saturated rings. The SMILES string of the molecule is CCCCn1c(COC(=O)Cc2ccc(Cl)cc2Cl)nc2cc(S(N)(=O)=O)ccc21. The van der Waals surface area contributed by atoms with Crippen molar-refractivity contribution in [1.29, 1.82) is 0 Å². The van der Waals surface area contributed by atoms with Crippen molar-refractivity contribution in [3.63, 3.8) is 0 Å². The summed E-state index contributed by atoms with van der Waals surface area (Å²) in [4.78, 5) is 16.8. The minimum absolute atomic E-state index is 0.000750. The lowest BCUT2D eigenvalue weighted by Gasteiger charge is -2.10. The Balaban J connectivity index is 1.82. The van der Waals surface area contributed by atoms with Crippen LogP contribution in [-0.2, 0) is 39.1 Å². The maximum atomic E-state index is 12.3. The topological polar surface area (TPSA) is 104 Å². The van der Waals surface area contributed by atoms with Crippen molar-refractivity contribution >= 4 is 50.2 Å². The van der Waals surface area contributed by atoms with Crippen LogP contribution in [0.5, 0.6) is 0 Å². The van der Waals surface area contributed by atoms with E-state index in [1.54, 1.807) is 24.3 Å². The van der Waals surface area contributed by atoms with E-state index in [9.17, 15) is 13.2 Å². The van der Waals surface area contributed by atoms with Crippen LogP contribution in [0.15, 0.2) is 41.3 Å². The Hall–Kier alpha value is -2.13. The molecule has 0 atom stereocenters. The third kappa shape index (κ3) is 5.31. The van der Waals surface area contributed by atoms with Gasteiger partial charge in [-0.3, -0.25) is 4.79 Å². The van der Waals surface area contributed by atoms with Crippen LogP contribution in [0, 0.1) is 0 Å². The number of carbonyl (C=O) groups is 1. The minimum atomic E-state index is -3.84. The van der Waals surface area contributed by atoms with Crippen molar-refractivity contribution in [1.82, 2.24) is 9.55 Å². The van der Waals surface area contributed by atoms with Crippen LogP contribution >= 0.6 is 23.2 Å². The van der Waals surface area contributed by atoms with Crippen molar-refractivity contribution in [2.45, 2.75) is 44.2 Å². The molecule has 1 aromatic heterocycles. The van der Waals surface area contributed by atoms with E-state index < -0.39 is 16.0 Å². The molecule has 30 heavy (non-hydrogen) atoms. The first kappa shape index (κ1) is 22.6. The first-order valence-electron chi connectivity index (χ1n) is 9.30. The van der Waals surface area contributed by atoms with Gasteiger partial charge in [0.05, 0.1) is 22.3 Å². The van der Waals surface area contributed by atoms with Crippen LogP contribution < -0.4 is 5.14 Å². The molecule has 0 bridgehead atoms. The lowest BCUT2D eigenvalue weighted by Crippen LogP contribution is -2.12. The molecule has 0 aliphatic carbocycles. The number of hydrogen-bond acceptors (Lipinski definition) is 5. The summed E-state index contributed by atoms with van der Waals surface area (Å²) in [6.45, 7) is 2.68. The number of ether oxygens (including phenoxy) is 1.